The summed E-state index contributed by atoms with van der Waals surface area (Å²) in [4.78, 5) is 14.7. The third-order valence-corrected chi connectivity index (χ3v) is 6.49. The van der Waals surface area contributed by atoms with Gasteiger partial charge in [0.25, 0.3) is 0 Å². The smallest absolute Gasteiger partial charge is 0.228 e. The van der Waals surface area contributed by atoms with Crippen molar-refractivity contribution in [1.82, 2.24) is 24.4 Å². The lowest BCUT2D eigenvalue weighted by Gasteiger charge is -2.24. The number of rotatable bonds is 8. The molecule has 1 aromatic carbocycles. The van der Waals surface area contributed by atoms with E-state index in [9.17, 15) is 8.42 Å². The lowest BCUT2D eigenvalue weighted by atomic mass is 10.2. The Morgan fingerprint density at radius 2 is 1.89 bits per heavy atom. The van der Waals surface area contributed by atoms with Gasteiger partial charge < -0.3 is 4.57 Å². The van der Waals surface area contributed by atoms with Crippen molar-refractivity contribution in [3.05, 3.63) is 72.1 Å². The molecule has 0 amide bonds. The summed E-state index contributed by atoms with van der Waals surface area (Å²) in [5.41, 5.74) is 2.79. The van der Waals surface area contributed by atoms with Crippen LogP contribution in [0.1, 0.15) is 36.8 Å². The molecule has 3 aromatic rings. The minimum atomic E-state index is -3.42. The SMILES string of the molecule is CCS(=O)(=O)c1ncc(CN(C)[C@H](C)c2ccncn2)n1Cc1ccccc1. The fourth-order valence-corrected chi connectivity index (χ4v) is 3.99. The van der Waals surface area contributed by atoms with Crippen molar-refractivity contribution in [2.75, 3.05) is 12.8 Å². The van der Waals surface area contributed by atoms with Crippen LogP contribution >= 0.6 is 0 Å². The van der Waals surface area contributed by atoms with E-state index in [0.717, 1.165) is 17.0 Å². The summed E-state index contributed by atoms with van der Waals surface area (Å²) in [5.74, 6) is 0.0193. The summed E-state index contributed by atoms with van der Waals surface area (Å²) in [6.07, 6.45) is 4.91. The Morgan fingerprint density at radius 1 is 1.14 bits per heavy atom. The highest BCUT2D eigenvalue weighted by atomic mass is 32.2. The molecule has 148 valence electrons. The molecule has 0 radical (unpaired) electrons. The van der Waals surface area contributed by atoms with Gasteiger partial charge in [-0.2, -0.15) is 0 Å². The van der Waals surface area contributed by atoms with E-state index in [1.54, 1.807) is 23.9 Å². The number of hydrogen-bond acceptors (Lipinski definition) is 6. The van der Waals surface area contributed by atoms with Crippen molar-refractivity contribution in [1.29, 1.82) is 0 Å². The van der Waals surface area contributed by atoms with Crippen molar-refractivity contribution in [3.8, 4) is 0 Å². The first-order valence-electron chi connectivity index (χ1n) is 9.19. The Kier molecular flexibility index (Phi) is 6.21. The third kappa shape index (κ3) is 4.45. The first-order chi connectivity index (χ1) is 13.4. The van der Waals surface area contributed by atoms with Crippen LogP contribution in [0.3, 0.4) is 0 Å². The average Bonchev–Trinajstić information content (AvgIpc) is 3.11. The molecule has 0 unspecified atom stereocenters. The second kappa shape index (κ2) is 8.62. The van der Waals surface area contributed by atoms with E-state index < -0.39 is 9.84 Å². The van der Waals surface area contributed by atoms with Crippen LogP contribution in [-0.4, -0.2) is 45.6 Å². The summed E-state index contributed by atoms with van der Waals surface area (Å²) in [6, 6.07) is 11.7. The van der Waals surface area contributed by atoms with Crippen LogP contribution in [0.2, 0.25) is 0 Å². The molecule has 2 heterocycles. The molecule has 0 aliphatic carbocycles. The Balaban J connectivity index is 1.92. The Bertz CT molecular complexity index is 1000. The zero-order valence-corrected chi connectivity index (χ0v) is 17.2. The molecule has 8 heteroatoms. The third-order valence-electron chi connectivity index (χ3n) is 4.85. The van der Waals surface area contributed by atoms with Gasteiger partial charge in [0.1, 0.15) is 6.33 Å². The van der Waals surface area contributed by atoms with Gasteiger partial charge in [-0.25, -0.2) is 23.4 Å². The van der Waals surface area contributed by atoms with Crippen LogP contribution in [0.25, 0.3) is 0 Å². The molecule has 3 rings (SSSR count). The number of nitrogens with zero attached hydrogens (tertiary/aromatic N) is 5. The fourth-order valence-electron chi connectivity index (χ4n) is 3.00. The molecule has 0 aliphatic heterocycles. The Morgan fingerprint density at radius 3 is 2.54 bits per heavy atom. The largest absolute Gasteiger partial charge is 0.313 e. The zero-order chi connectivity index (χ0) is 20.1. The predicted octanol–water partition coefficient (Wildman–Crippen LogP) is 2.71. The van der Waals surface area contributed by atoms with Crippen LogP contribution in [0.5, 0.6) is 0 Å². The molecule has 0 saturated heterocycles. The van der Waals surface area contributed by atoms with Gasteiger partial charge in [0.05, 0.1) is 29.9 Å². The summed E-state index contributed by atoms with van der Waals surface area (Å²) in [6.45, 7) is 4.70. The van der Waals surface area contributed by atoms with Gasteiger partial charge in [0, 0.05) is 18.8 Å². The summed E-state index contributed by atoms with van der Waals surface area (Å²) in [7, 11) is -1.44. The maximum Gasteiger partial charge on any atom is 0.228 e. The number of hydrogen-bond donors (Lipinski definition) is 0. The van der Waals surface area contributed by atoms with E-state index in [1.807, 2.05) is 43.4 Å². The van der Waals surface area contributed by atoms with Gasteiger partial charge in [-0.15, -0.1) is 0 Å². The predicted molar refractivity (Wildman–Crippen MR) is 107 cm³/mol. The van der Waals surface area contributed by atoms with Crippen LogP contribution in [-0.2, 0) is 22.9 Å². The number of sulfone groups is 1. The second-order valence-corrected chi connectivity index (χ2v) is 8.90. The van der Waals surface area contributed by atoms with Crippen molar-refractivity contribution >= 4 is 9.84 Å². The molecule has 0 N–H and O–H groups in total. The van der Waals surface area contributed by atoms with E-state index in [4.69, 9.17) is 0 Å². The Hall–Kier alpha value is -2.58. The minimum Gasteiger partial charge on any atom is -0.313 e. The van der Waals surface area contributed by atoms with E-state index in [0.29, 0.717) is 13.1 Å². The second-order valence-electron chi connectivity index (χ2n) is 6.73. The van der Waals surface area contributed by atoms with E-state index in [2.05, 4.69) is 26.8 Å². The van der Waals surface area contributed by atoms with Crippen LogP contribution < -0.4 is 0 Å². The Labute approximate surface area is 166 Å². The molecule has 1 atom stereocenters. The molecule has 28 heavy (non-hydrogen) atoms. The van der Waals surface area contributed by atoms with Crippen LogP contribution in [0, 0.1) is 0 Å². The van der Waals surface area contributed by atoms with Gasteiger partial charge in [-0.1, -0.05) is 37.3 Å². The van der Waals surface area contributed by atoms with Crippen molar-refractivity contribution in [3.63, 3.8) is 0 Å². The highest BCUT2D eigenvalue weighted by molar-refractivity contribution is 7.91. The van der Waals surface area contributed by atoms with Gasteiger partial charge in [-0.3, -0.25) is 4.90 Å². The highest BCUT2D eigenvalue weighted by Gasteiger charge is 2.23. The van der Waals surface area contributed by atoms with Gasteiger partial charge >= 0.3 is 0 Å². The molecule has 0 fully saturated rings. The molecule has 0 aliphatic rings. The van der Waals surface area contributed by atoms with E-state index >= 15 is 0 Å². The lowest BCUT2D eigenvalue weighted by molar-refractivity contribution is 0.242. The minimum absolute atomic E-state index is 0.0193. The quantitative estimate of drug-likeness (QED) is 0.579. The summed E-state index contributed by atoms with van der Waals surface area (Å²) < 4.78 is 26.9. The first kappa shape index (κ1) is 20.2. The molecule has 0 saturated carbocycles. The van der Waals surface area contributed by atoms with E-state index in [1.165, 1.54) is 6.33 Å². The normalized spacial score (nSPS) is 13.0. The number of imidazole rings is 1. The molecule has 0 bridgehead atoms. The van der Waals surface area contributed by atoms with Gasteiger partial charge in [0.2, 0.25) is 15.0 Å². The van der Waals surface area contributed by atoms with Gasteiger partial charge in [-0.05, 0) is 25.6 Å². The molecule has 2 aromatic heterocycles. The average molecular weight is 400 g/mol. The van der Waals surface area contributed by atoms with Crippen LogP contribution in [0.4, 0.5) is 0 Å². The monoisotopic (exact) mass is 399 g/mol. The summed E-state index contributed by atoms with van der Waals surface area (Å²) >= 11 is 0. The van der Waals surface area contributed by atoms with Gasteiger partial charge in [0.15, 0.2) is 0 Å². The lowest BCUT2D eigenvalue weighted by Crippen LogP contribution is -2.25. The standard InChI is InChI=1S/C20H25N5O2S/c1-4-28(26,27)20-22-12-18(25(20)13-17-8-6-5-7-9-17)14-24(3)16(2)19-10-11-21-15-23-19/h5-12,15-16H,4,13-14H2,1-3H3/t16-/m1/s1. The molecular weight excluding hydrogens is 374 g/mol. The van der Waals surface area contributed by atoms with Crippen molar-refractivity contribution < 1.29 is 8.42 Å². The molecular formula is C20H25N5O2S. The summed E-state index contributed by atoms with van der Waals surface area (Å²) in [5, 5.41) is 0.122. The van der Waals surface area contributed by atoms with Crippen LogP contribution in [0.15, 0.2) is 60.3 Å². The van der Waals surface area contributed by atoms with Crippen molar-refractivity contribution in [2.45, 2.75) is 38.1 Å². The molecule has 0 spiro atoms. The maximum absolute atomic E-state index is 12.6. The van der Waals surface area contributed by atoms with Crippen molar-refractivity contribution in [2.24, 2.45) is 0 Å². The zero-order valence-electron chi connectivity index (χ0n) is 16.4. The van der Waals surface area contributed by atoms with E-state index in [-0.39, 0.29) is 17.0 Å². The number of aromatic nitrogens is 4. The molecule has 7 nitrogen and oxygen atoms in total. The topological polar surface area (TPSA) is 81.0 Å². The highest BCUT2D eigenvalue weighted by Crippen LogP contribution is 2.21. The maximum atomic E-state index is 12.6. The first-order valence-corrected chi connectivity index (χ1v) is 10.8. The fraction of sp³-hybridized carbons (Fsp3) is 0.350. The number of benzene rings is 1.